The van der Waals surface area contributed by atoms with Crippen molar-refractivity contribution in [3.05, 3.63) is 28.8 Å². The summed E-state index contributed by atoms with van der Waals surface area (Å²) in [5.41, 5.74) is 0.712. The van der Waals surface area contributed by atoms with Gasteiger partial charge in [0, 0.05) is 11.8 Å². The van der Waals surface area contributed by atoms with Gasteiger partial charge < -0.3 is 14.6 Å². The summed E-state index contributed by atoms with van der Waals surface area (Å²) in [6.45, 7) is 5.41. The van der Waals surface area contributed by atoms with Crippen LogP contribution in [0.5, 0.6) is 5.75 Å². The van der Waals surface area contributed by atoms with Crippen molar-refractivity contribution in [1.82, 2.24) is 0 Å². The summed E-state index contributed by atoms with van der Waals surface area (Å²) < 4.78 is 11.1. The van der Waals surface area contributed by atoms with E-state index >= 15 is 0 Å². The van der Waals surface area contributed by atoms with E-state index in [9.17, 15) is 5.11 Å². The van der Waals surface area contributed by atoms with Gasteiger partial charge in [-0.25, -0.2) is 0 Å². The van der Waals surface area contributed by atoms with E-state index in [0.29, 0.717) is 17.4 Å². The molecule has 1 atom stereocenters. The van der Waals surface area contributed by atoms with Crippen LogP contribution in [0.1, 0.15) is 25.8 Å². The molecule has 0 bridgehead atoms. The highest BCUT2D eigenvalue weighted by Crippen LogP contribution is 2.32. The third kappa shape index (κ3) is 2.97. The largest absolute Gasteiger partial charge is 0.486 e. The lowest BCUT2D eigenvalue weighted by Gasteiger charge is -2.23. The van der Waals surface area contributed by atoms with Crippen LogP contribution in [-0.4, -0.2) is 31.0 Å². The highest BCUT2D eigenvalue weighted by atomic mass is 35.5. The van der Waals surface area contributed by atoms with Gasteiger partial charge in [0.15, 0.2) is 0 Å². The van der Waals surface area contributed by atoms with E-state index in [-0.39, 0.29) is 18.1 Å². The van der Waals surface area contributed by atoms with Crippen LogP contribution in [0, 0.1) is 0 Å². The van der Waals surface area contributed by atoms with Crippen LogP contribution in [0.25, 0.3) is 0 Å². The Kier molecular flexibility index (Phi) is 4.15. The van der Waals surface area contributed by atoms with Gasteiger partial charge in [0.1, 0.15) is 11.9 Å². The normalized spacial score (nSPS) is 20.1. The molecule has 1 aliphatic heterocycles. The van der Waals surface area contributed by atoms with Crippen molar-refractivity contribution in [1.29, 1.82) is 0 Å². The maximum atomic E-state index is 9.35. The molecule has 0 amide bonds. The topological polar surface area (TPSA) is 38.7 Å². The quantitative estimate of drug-likeness (QED) is 0.914. The van der Waals surface area contributed by atoms with Crippen molar-refractivity contribution in [3.63, 3.8) is 0 Å². The molecular weight excluding hydrogens is 252 g/mol. The molecule has 0 radical (unpaired) electrons. The fraction of sp³-hybridized carbons (Fsp3) is 0.571. The molecule has 0 saturated carbocycles. The Labute approximate surface area is 113 Å². The Bertz CT molecular complexity index is 412. The Morgan fingerprint density at radius 3 is 2.83 bits per heavy atom. The Morgan fingerprint density at radius 1 is 1.50 bits per heavy atom. The first-order chi connectivity index (χ1) is 8.53. The zero-order valence-electron chi connectivity index (χ0n) is 10.8. The first-order valence-corrected chi connectivity index (χ1v) is 6.56. The highest BCUT2D eigenvalue weighted by Gasteiger charge is 2.22. The molecule has 1 saturated heterocycles. The summed E-state index contributed by atoms with van der Waals surface area (Å²) in [7, 11) is 0. The van der Waals surface area contributed by atoms with E-state index in [4.69, 9.17) is 21.1 Å². The predicted octanol–water partition coefficient (Wildman–Crippen LogP) is 2.78. The average molecular weight is 271 g/mol. The van der Waals surface area contributed by atoms with E-state index in [1.807, 2.05) is 32.0 Å². The summed E-state index contributed by atoms with van der Waals surface area (Å²) in [4.78, 5) is 0. The number of rotatable bonds is 4. The summed E-state index contributed by atoms with van der Waals surface area (Å²) >= 11 is 6.22. The van der Waals surface area contributed by atoms with Crippen molar-refractivity contribution in [3.8, 4) is 5.75 Å². The van der Waals surface area contributed by atoms with Gasteiger partial charge in [-0.1, -0.05) is 31.5 Å². The van der Waals surface area contributed by atoms with Gasteiger partial charge in [-0.3, -0.25) is 0 Å². The summed E-state index contributed by atoms with van der Waals surface area (Å²) in [5, 5.41) is 9.93. The molecule has 2 rings (SSSR count). The van der Waals surface area contributed by atoms with Crippen LogP contribution >= 0.6 is 11.6 Å². The summed E-state index contributed by atoms with van der Waals surface area (Å²) in [6.07, 6.45) is 0.999. The van der Waals surface area contributed by atoms with Gasteiger partial charge in [0.25, 0.3) is 0 Å². The van der Waals surface area contributed by atoms with Crippen molar-refractivity contribution >= 4 is 11.6 Å². The monoisotopic (exact) mass is 270 g/mol. The zero-order chi connectivity index (χ0) is 13.2. The fourth-order valence-electron chi connectivity index (χ4n) is 1.89. The highest BCUT2D eigenvalue weighted by molar-refractivity contribution is 6.32. The maximum absolute atomic E-state index is 9.35. The number of halogens is 1. The van der Waals surface area contributed by atoms with Crippen LogP contribution < -0.4 is 4.74 Å². The van der Waals surface area contributed by atoms with E-state index in [0.717, 1.165) is 18.6 Å². The smallest absolute Gasteiger partial charge is 0.138 e. The molecule has 1 fully saturated rings. The Balaban J connectivity index is 2.14. The number of aliphatic hydroxyl groups excluding tert-OH is 1. The van der Waals surface area contributed by atoms with Gasteiger partial charge in [0.2, 0.25) is 0 Å². The zero-order valence-corrected chi connectivity index (χ0v) is 11.5. The summed E-state index contributed by atoms with van der Waals surface area (Å²) in [6, 6.07) is 5.68. The third-order valence-corrected chi connectivity index (χ3v) is 3.59. The Hall–Kier alpha value is -0.770. The van der Waals surface area contributed by atoms with Crippen molar-refractivity contribution in [2.24, 2.45) is 0 Å². The van der Waals surface area contributed by atoms with Crippen LogP contribution in [0.2, 0.25) is 5.02 Å². The van der Waals surface area contributed by atoms with E-state index in [1.165, 1.54) is 0 Å². The van der Waals surface area contributed by atoms with E-state index < -0.39 is 0 Å². The molecule has 4 heteroatoms. The van der Waals surface area contributed by atoms with Crippen LogP contribution in [0.15, 0.2) is 18.2 Å². The van der Waals surface area contributed by atoms with Crippen molar-refractivity contribution < 1.29 is 14.6 Å². The van der Waals surface area contributed by atoms with E-state index in [1.54, 1.807) is 0 Å². The lowest BCUT2D eigenvalue weighted by Crippen LogP contribution is -2.22. The average Bonchev–Trinajstić information content (AvgIpc) is 2.84. The minimum atomic E-state index is -0.293. The second-order valence-electron chi connectivity index (χ2n) is 5.29. The Morgan fingerprint density at radius 2 is 2.28 bits per heavy atom. The number of benzene rings is 1. The molecule has 1 unspecified atom stereocenters. The van der Waals surface area contributed by atoms with E-state index in [2.05, 4.69) is 0 Å². The molecule has 0 spiro atoms. The molecule has 1 aromatic rings. The second-order valence-corrected chi connectivity index (χ2v) is 5.70. The van der Waals surface area contributed by atoms with Gasteiger partial charge in [0.05, 0.1) is 24.8 Å². The molecule has 1 heterocycles. The number of hydrogen-bond acceptors (Lipinski definition) is 3. The van der Waals surface area contributed by atoms with Gasteiger partial charge in [-0.05, 0) is 17.7 Å². The first-order valence-electron chi connectivity index (χ1n) is 6.18. The predicted molar refractivity (Wildman–Crippen MR) is 71.4 cm³/mol. The van der Waals surface area contributed by atoms with Crippen molar-refractivity contribution in [2.45, 2.75) is 31.8 Å². The molecule has 18 heavy (non-hydrogen) atoms. The lowest BCUT2D eigenvalue weighted by molar-refractivity contribution is 0.141. The second kappa shape index (κ2) is 5.47. The van der Waals surface area contributed by atoms with Gasteiger partial charge in [-0.15, -0.1) is 0 Å². The molecule has 1 aromatic carbocycles. The molecule has 100 valence electrons. The minimum absolute atomic E-state index is 0.0833. The van der Waals surface area contributed by atoms with Crippen molar-refractivity contribution in [2.75, 3.05) is 19.8 Å². The van der Waals surface area contributed by atoms with Crippen LogP contribution in [-0.2, 0) is 10.2 Å². The first kappa shape index (κ1) is 13.7. The molecule has 1 N–H and O–H groups in total. The maximum Gasteiger partial charge on any atom is 0.138 e. The van der Waals surface area contributed by atoms with Crippen LogP contribution in [0.4, 0.5) is 0 Å². The van der Waals surface area contributed by atoms with Gasteiger partial charge >= 0.3 is 0 Å². The molecule has 1 aliphatic rings. The summed E-state index contributed by atoms with van der Waals surface area (Å²) in [5.74, 6) is 0.685. The number of ether oxygens (including phenoxy) is 2. The lowest BCUT2D eigenvalue weighted by atomic mass is 9.86. The SMILES string of the molecule is CC(C)(CO)c1ccc(OC2CCOC2)c(Cl)c1. The minimum Gasteiger partial charge on any atom is -0.486 e. The number of hydrogen-bond donors (Lipinski definition) is 1. The molecule has 3 nitrogen and oxygen atoms in total. The number of aliphatic hydroxyl groups is 1. The van der Waals surface area contributed by atoms with Crippen LogP contribution in [0.3, 0.4) is 0 Å². The fourth-order valence-corrected chi connectivity index (χ4v) is 2.12. The molecule has 0 aliphatic carbocycles. The van der Waals surface area contributed by atoms with Gasteiger partial charge in [-0.2, -0.15) is 0 Å². The molecular formula is C14H19ClO3. The third-order valence-electron chi connectivity index (χ3n) is 3.29. The standard InChI is InChI=1S/C14H19ClO3/c1-14(2,9-16)10-3-4-13(12(15)7-10)18-11-5-6-17-8-11/h3-4,7,11,16H,5-6,8-9H2,1-2H3. The molecule has 0 aromatic heterocycles.